The molecule has 1 aliphatic heterocycles. The molecule has 2 N–H and O–H groups in total. The Balaban J connectivity index is 0.00000176. The summed E-state index contributed by atoms with van der Waals surface area (Å²) in [4.78, 5) is 17.5. The Labute approximate surface area is 133 Å². The molecular weight excluding hydrogens is 310 g/mol. The van der Waals surface area contributed by atoms with Crippen molar-refractivity contribution in [1.29, 1.82) is 0 Å². The Bertz CT molecular complexity index is 655. The molecule has 1 aliphatic rings. The normalized spacial score (nSPS) is 18.0. The average Bonchev–Trinajstić information content (AvgIpc) is 2.92. The van der Waals surface area contributed by atoms with E-state index in [1.807, 2.05) is 11.8 Å². The lowest BCUT2D eigenvalue weighted by Crippen LogP contribution is -2.49. The summed E-state index contributed by atoms with van der Waals surface area (Å²) in [7, 11) is 0. The topological polar surface area (TPSA) is 87.8 Å². The van der Waals surface area contributed by atoms with E-state index < -0.39 is 5.97 Å². The first-order chi connectivity index (χ1) is 10.2. The van der Waals surface area contributed by atoms with Crippen LogP contribution in [-0.4, -0.2) is 48.5 Å². The van der Waals surface area contributed by atoms with Crippen molar-refractivity contribution >= 4 is 35.5 Å². The van der Waals surface area contributed by atoms with Crippen LogP contribution in [0.4, 0.5) is 6.01 Å². The van der Waals surface area contributed by atoms with Crippen LogP contribution in [0.1, 0.15) is 17.3 Å². The number of likely N-dealkylation sites (N-methyl/N-ethyl adjacent to an activating group) is 1. The molecule has 2 aromatic rings. The Morgan fingerprint density at radius 2 is 2.36 bits per heavy atom. The fourth-order valence-corrected chi connectivity index (χ4v) is 2.45. The summed E-state index contributed by atoms with van der Waals surface area (Å²) in [5, 5.41) is 12.5. The number of carbonyl (C=O) groups is 1. The number of aromatic nitrogens is 1. The summed E-state index contributed by atoms with van der Waals surface area (Å²) in [5.41, 5.74) is 0.968. The van der Waals surface area contributed by atoms with Gasteiger partial charge in [0.15, 0.2) is 5.58 Å². The number of fused-ring (bicyclic) bond motifs is 1. The first-order valence-electron chi connectivity index (χ1n) is 6.92. The maximum Gasteiger partial charge on any atom is 0.338 e. The number of benzene rings is 1. The minimum Gasteiger partial charge on any atom is -0.478 e. The third kappa shape index (κ3) is 3.01. The van der Waals surface area contributed by atoms with Gasteiger partial charge in [-0.2, -0.15) is 4.98 Å². The molecule has 120 valence electrons. The highest BCUT2D eigenvalue weighted by Gasteiger charge is 2.25. The van der Waals surface area contributed by atoms with Crippen molar-refractivity contribution < 1.29 is 19.1 Å². The quantitative estimate of drug-likeness (QED) is 0.884. The fraction of sp³-hybridized carbons (Fsp3) is 0.429. The number of oxazole rings is 1. The van der Waals surface area contributed by atoms with Crippen molar-refractivity contribution in [2.24, 2.45) is 0 Å². The SMILES string of the molecule is CCN(c1nc2c(C(=O)O)cccc2o1)C1CNCCO1.Cl. The number of nitrogens with zero attached hydrogens (tertiary/aromatic N) is 2. The largest absolute Gasteiger partial charge is 0.478 e. The molecule has 2 heterocycles. The maximum absolute atomic E-state index is 11.2. The Morgan fingerprint density at radius 1 is 1.55 bits per heavy atom. The van der Waals surface area contributed by atoms with E-state index in [9.17, 15) is 9.90 Å². The van der Waals surface area contributed by atoms with Gasteiger partial charge in [0.25, 0.3) is 0 Å². The van der Waals surface area contributed by atoms with Crippen LogP contribution < -0.4 is 10.2 Å². The molecule has 0 aliphatic carbocycles. The molecular formula is C14H18ClN3O4. The fourth-order valence-electron chi connectivity index (χ4n) is 2.45. The summed E-state index contributed by atoms with van der Waals surface area (Å²) in [6.07, 6.45) is -0.162. The number of hydrogen-bond acceptors (Lipinski definition) is 6. The van der Waals surface area contributed by atoms with Crippen LogP contribution in [-0.2, 0) is 4.74 Å². The van der Waals surface area contributed by atoms with Crippen molar-refractivity contribution in [2.75, 3.05) is 31.1 Å². The number of anilines is 1. The van der Waals surface area contributed by atoms with Gasteiger partial charge in [0.1, 0.15) is 11.7 Å². The van der Waals surface area contributed by atoms with E-state index >= 15 is 0 Å². The summed E-state index contributed by atoms with van der Waals surface area (Å²) in [6, 6.07) is 5.27. The molecule has 22 heavy (non-hydrogen) atoms. The highest BCUT2D eigenvalue weighted by molar-refractivity contribution is 6.00. The smallest absolute Gasteiger partial charge is 0.338 e. The van der Waals surface area contributed by atoms with Crippen LogP contribution in [0, 0.1) is 0 Å². The number of halogens is 1. The zero-order valence-electron chi connectivity index (χ0n) is 12.1. The first kappa shape index (κ1) is 16.5. The van der Waals surface area contributed by atoms with Crippen molar-refractivity contribution in [3.05, 3.63) is 23.8 Å². The number of aromatic carboxylic acids is 1. The summed E-state index contributed by atoms with van der Waals surface area (Å²) in [5.74, 6) is -1.01. The molecule has 1 saturated heterocycles. The molecule has 1 atom stereocenters. The summed E-state index contributed by atoms with van der Waals surface area (Å²) < 4.78 is 11.4. The Hall–Kier alpha value is -1.83. The van der Waals surface area contributed by atoms with Crippen LogP contribution in [0.3, 0.4) is 0 Å². The number of hydrogen-bond donors (Lipinski definition) is 2. The number of carboxylic acid groups (broad SMARTS) is 1. The zero-order chi connectivity index (χ0) is 14.8. The van der Waals surface area contributed by atoms with Crippen LogP contribution in [0.15, 0.2) is 22.6 Å². The van der Waals surface area contributed by atoms with Gasteiger partial charge in [0, 0.05) is 19.6 Å². The minimum atomic E-state index is -1.01. The average molecular weight is 328 g/mol. The molecule has 1 aromatic heterocycles. The van der Waals surface area contributed by atoms with E-state index in [-0.39, 0.29) is 24.2 Å². The summed E-state index contributed by atoms with van der Waals surface area (Å²) >= 11 is 0. The highest BCUT2D eigenvalue weighted by atomic mass is 35.5. The molecule has 3 rings (SSSR count). The third-order valence-corrected chi connectivity index (χ3v) is 3.48. The van der Waals surface area contributed by atoms with Gasteiger partial charge in [-0.05, 0) is 19.1 Å². The lowest BCUT2D eigenvalue weighted by atomic mass is 10.2. The zero-order valence-corrected chi connectivity index (χ0v) is 12.9. The van der Waals surface area contributed by atoms with E-state index in [4.69, 9.17) is 9.15 Å². The standard InChI is InChI=1S/C14H17N3O4.ClH/c1-2-17(11-8-15-6-7-20-11)14-16-12-9(13(18)19)4-3-5-10(12)21-14;/h3-5,11,15H,2,6-8H2,1H3,(H,18,19);1H. The number of nitrogens with one attached hydrogen (secondary N) is 1. The van der Waals surface area contributed by atoms with Crippen molar-refractivity contribution in [3.8, 4) is 0 Å². The lowest BCUT2D eigenvalue weighted by molar-refractivity contribution is 0.0247. The van der Waals surface area contributed by atoms with Gasteiger partial charge < -0.3 is 19.6 Å². The molecule has 0 saturated carbocycles. The lowest BCUT2D eigenvalue weighted by Gasteiger charge is -2.32. The first-order valence-corrected chi connectivity index (χ1v) is 6.92. The van der Waals surface area contributed by atoms with Gasteiger partial charge in [0.2, 0.25) is 0 Å². The predicted molar refractivity (Wildman–Crippen MR) is 83.8 cm³/mol. The van der Waals surface area contributed by atoms with Gasteiger partial charge in [-0.1, -0.05) is 6.07 Å². The predicted octanol–water partition coefficient (Wildman–Crippen LogP) is 1.72. The molecule has 8 heteroatoms. The molecule has 0 radical (unpaired) electrons. The van der Waals surface area contributed by atoms with Crippen molar-refractivity contribution in [2.45, 2.75) is 13.2 Å². The van der Waals surface area contributed by atoms with Crippen LogP contribution in [0.25, 0.3) is 11.1 Å². The highest BCUT2D eigenvalue weighted by Crippen LogP contribution is 2.26. The number of ether oxygens (including phenoxy) is 1. The second-order valence-corrected chi connectivity index (χ2v) is 4.77. The third-order valence-electron chi connectivity index (χ3n) is 3.48. The van der Waals surface area contributed by atoms with Gasteiger partial charge in [-0.15, -0.1) is 12.4 Å². The van der Waals surface area contributed by atoms with Crippen molar-refractivity contribution in [1.82, 2.24) is 10.3 Å². The van der Waals surface area contributed by atoms with Crippen molar-refractivity contribution in [3.63, 3.8) is 0 Å². The maximum atomic E-state index is 11.2. The minimum absolute atomic E-state index is 0. The van der Waals surface area contributed by atoms with E-state index in [0.717, 1.165) is 6.54 Å². The van der Waals surface area contributed by atoms with E-state index in [1.54, 1.807) is 12.1 Å². The van der Waals surface area contributed by atoms with E-state index in [1.165, 1.54) is 6.07 Å². The molecule has 1 unspecified atom stereocenters. The van der Waals surface area contributed by atoms with Gasteiger partial charge in [0.05, 0.1) is 12.2 Å². The van der Waals surface area contributed by atoms with Gasteiger partial charge in [-0.3, -0.25) is 4.90 Å². The molecule has 1 aromatic carbocycles. The molecule has 0 spiro atoms. The van der Waals surface area contributed by atoms with Crippen LogP contribution in [0.2, 0.25) is 0 Å². The van der Waals surface area contributed by atoms with Crippen LogP contribution in [0.5, 0.6) is 0 Å². The number of morpholine rings is 1. The van der Waals surface area contributed by atoms with E-state index in [2.05, 4.69) is 10.3 Å². The molecule has 0 amide bonds. The van der Waals surface area contributed by atoms with Crippen LogP contribution >= 0.6 is 12.4 Å². The number of para-hydroxylation sites is 1. The van der Waals surface area contributed by atoms with Gasteiger partial charge >= 0.3 is 12.0 Å². The summed E-state index contributed by atoms with van der Waals surface area (Å²) in [6.45, 7) is 4.76. The number of carboxylic acids is 1. The second-order valence-electron chi connectivity index (χ2n) is 4.77. The Morgan fingerprint density at radius 3 is 3.00 bits per heavy atom. The second kappa shape index (κ2) is 6.95. The molecule has 0 bridgehead atoms. The van der Waals surface area contributed by atoms with Gasteiger partial charge in [-0.25, -0.2) is 4.79 Å². The number of rotatable bonds is 4. The monoisotopic (exact) mass is 327 g/mol. The molecule has 7 nitrogen and oxygen atoms in total. The Kier molecular flexibility index (Phi) is 5.23. The molecule has 1 fully saturated rings. The van der Waals surface area contributed by atoms with E-state index in [0.29, 0.717) is 36.8 Å².